The average molecular weight is 330 g/mol. The van der Waals surface area contributed by atoms with Crippen LogP contribution in [0.1, 0.15) is 59.8 Å². The van der Waals surface area contributed by atoms with Crippen LogP contribution in [-0.4, -0.2) is 29.6 Å². The van der Waals surface area contributed by atoms with Crippen LogP contribution in [0.15, 0.2) is 11.1 Å². The highest BCUT2D eigenvalue weighted by molar-refractivity contribution is 5.93. The van der Waals surface area contributed by atoms with Crippen molar-refractivity contribution in [1.29, 1.82) is 0 Å². The van der Waals surface area contributed by atoms with Crippen LogP contribution in [0, 0.1) is 22.7 Å². The summed E-state index contributed by atoms with van der Waals surface area (Å²) in [7, 11) is 0. The van der Waals surface area contributed by atoms with Crippen LogP contribution < -0.4 is 0 Å². The Labute approximate surface area is 142 Å². The van der Waals surface area contributed by atoms with Crippen molar-refractivity contribution < 1.29 is 19.0 Å². The van der Waals surface area contributed by atoms with Gasteiger partial charge in [0.2, 0.25) is 0 Å². The van der Waals surface area contributed by atoms with Crippen LogP contribution in [0.2, 0.25) is 0 Å². The number of fused-ring (bicyclic) bond motifs is 4. The lowest BCUT2D eigenvalue weighted by Crippen LogP contribution is -2.59. The van der Waals surface area contributed by atoms with Gasteiger partial charge in [-0.3, -0.25) is 0 Å². The molecule has 6 aliphatic rings. The third-order valence-electron chi connectivity index (χ3n) is 8.57. The highest BCUT2D eigenvalue weighted by atomic mass is 16.8. The molecule has 6 rings (SSSR count). The van der Waals surface area contributed by atoms with Crippen molar-refractivity contribution in [3.05, 3.63) is 11.1 Å². The number of carbonyl (C=O) groups is 1. The molecule has 3 aliphatic carbocycles. The molecule has 3 unspecified atom stereocenters. The van der Waals surface area contributed by atoms with Crippen LogP contribution in [0.4, 0.5) is 0 Å². The fourth-order valence-corrected chi connectivity index (χ4v) is 7.62. The first-order chi connectivity index (χ1) is 11.3. The molecule has 24 heavy (non-hydrogen) atoms. The third kappa shape index (κ3) is 1.27. The van der Waals surface area contributed by atoms with Crippen LogP contribution >= 0.6 is 0 Å². The predicted molar refractivity (Wildman–Crippen MR) is 86.0 cm³/mol. The van der Waals surface area contributed by atoms with Crippen molar-refractivity contribution in [2.75, 3.05) is 0 Å². The zero-order valence-electron chi connectivity index (χ0n) is 15.0. The second-order valence-corrected chi connectivity index (χ2v) is 10.0. The molecular formula is C20H26O4. The minimum Gasteiger partial charge on any atom is -0.422 e. The molecule has 130 valence electrons. The van der Waals surface area contributed by atoms with Gasteiger partial charge in [0.05, 0.1) is 0 Å². The standard InChI is InChI=1S/C20H26O4/c1-10-12-14-19(22-14)9-6-11-17(2,3)7-5-8-18(11,4)13(19)15-20(12,23-15)24-16(10)21/h11,13-15H,5-9H2,1-4H3/t11-,13?,14-,15-,18-,19?,20?/m1/s1. The summed E-state index contributed by atoms with van der Waals surface area (Å²) in [6.07, 6.45) is 6.23. The number of ether oxygens (including phenoxy) is 3. The number of hydrogen-bond acceptors (Lipinski definition) is 4. The van der Waals surface area contributed by atoms with E-state index in [-0.39, 0.29) is 29.2 Å². The van der Waals surface area contributed by atoms with Crippen molar-refractivity contribution in [2.24, 2.45) is 22.7 Å². The lowest BCUT2D eigenvalue weighted by Gasteiger charge is -2.59. The zero-order chi connectivity index (χ0) is 16.7. The number of rotatable bonds is 0. The first-order valence-electron chi connectivity index (χ1n) is 9.56. The van der Waals surface area contributed by atoms with Gasteiger partial charge in [0.25, 0.3) is 5.79 Å². The van der Waals surface area contributed by atoms with Crippen LogP contribution in [0.25, 0.3) is 0 Å². The van der Waals surface area contributed by atoms with E-state index in [9.17, 15) is 4.79 Å². The molecule has 0 aromatic carbocycles. The highest BCUT2D eigenvalue weighted by Crippen LogP contribution is 2.77. The Bertz CT molecular complexity index is 723. The maximum atomic E-state index is 12.2. The number of carbonyl (C=O) groups excluding carboxylic acids is 1. The minimum atomic E-state index is -0.761. The zero-order valence-corrected chi connectivity index (χ0v) is 15.0. The number of hydrogen-bond donors (Lipinski definition) is 0. The molecule has 0 amide bonds. The summed E-state index contributed by atoms with van der Waals surface area (Å²) in [6, 6.07) is 0. The Morgan fingerprint density at radius 3 is 2.67 bits per heavy atom. The Hall–Kier alpha value is -0.870. The number of epoxide rings is 2. The molecule has 3 saturated carbocycles. The summed E-state index contributed by atoms with van der Waals surface area (Å²) in [5, 5.41) is 0. The Balaban J connectivity index is 1.49. The Morgan fingerprint density at radius 1 is 1.08 bits per heavy atom. The molecule has 0 aromatic rings. The van der Waals surface area contributed by atoms with E-state index in [1.165, 1.54) is 25.7 Å². The minimum absolute atomic E-state index is 0.00866. The van der Waals surface area contributed by atoms with E-state index in [2.05, 4.69) is 20.8 Å². The maximum Gasteiger partial charge on any atom is 0.336 e. The van der Waals surface area contributed by atoms with Gasteiger partial charge in [-0.05, 0) is 49.4 Å². The van der Waals surface area contributed by atoms with Gasteiger partial charge in [-0.2, -0.15) is 0 Å². The fourth-order valence-electron chi connectivity index (χ4n) is 7.62. The van der Waals surface area contributed by atoms with Crippen LogP contribution in [0.3, 0.4) is 0 Å². The van der Waals surface area contributed by atoms with Gasteiger partial charge < -0.3 is 14.2 Å². The van der Waals surface area contributed by atoms with Crippen LogP contribution in [-0.2, 0) is 19.0 Å². The second-order valence-electron chi connectivity index (χ2n) is 10.0. The molecule has 0 N–H and O–H groups in total. The van der Waals surface area contributed by atoms with E-state index in [1.807, 2.05) is 6.92 Å². The lowest BCUT2D eigenvalue weighted by atomic mass is 9.44. The molecule has 4 nitrogen and oxygen atoms in total. The van der Waals surface area contributed by atoms with Gasteiger partial charge >= 0.3 is 5.97 Å². The number of esters is 1. The van der Waals surface area contributed by atoms with Gasteiger partial charge in [0.1, 0.15) is 17.8 Å². The molecule has 4 heteroatoms. The molecule has 5 fully saturated rings. The lowest BCUT2D eigenvalue weighted by molar-refractivity contribution is -0.147. The molecular weight excluding hydrogens is 304 g/mol. The van der Waals surface area contributed by atoms with E-state index in [0.717, 1.165) is 17.6 Å². The first-order valence-corrected chi connectivity index (χ1v) is 9.56. The highest BCUT2D eigenvalue weighted by Gasteiger charge is 2.88. The third-order valence-corrected chi connectivity index (χ3v) is 8.57. The molecule has 2 spiro atoms. The maximum absolute atomic E-state index is 12.2. The molecule has 2 saturated heterocycles. The molecule has 0 bridgehead atoms. The second kappa shape index (κ2) is 3.64. The van der Waals surface area contributed by atoms with Gasteiger partial charge in [0, 0.05) is 17.1 Å². The average Bonchev–Trinajstić information content (AvgIpc) is 3.34. The molecule has 0 aromatic heterocycles. The van der Waals surface area contributed by atoms with E-state index < -0.39 is 5.79 Å². The van der Waals surface area contributed by atoms with E-state index >= 15 is 0 Å². The van der Waals surface area contributed by atoms with Gasteiger partial charge in [0.15, 0.2) is 0 Å². The molecule has 3 aliphatic heterocycles. The summed E-state index contributed by atoms with van der Waals surface area (Å²) < 4.78 is 18.4. The summed E-state index contributed by atoms with van der Waals surface area (Å²) in [5.74, 6) is 0.0886. The van der Waals surface area contributed by atoms with Gasteiger partial charge in [-0.25, -0.2) is 4.79 Å². The van der Waals surface area contributed by atoms with Gasteiger partial charge in [-0.15, -0.1) is 0 Å². The topological polar surface area (TPSA) is 51.4 Å². The van der Waals surface area contributed by atoms with Crippen molar-refractivity contribution >= 4 is 5.97 Å². The van der Waals surface area contributed by atoms with E-state index in [4.69, 9.17) is 14.2 Å². The smallest absolute Gasteiger partial charge is 0.336 e. The predicted octanol–water partition coefficient (Wildman–Crippen LogP) is 3.35. The first kappa shape index (κ1) is 14.3. The SMILES string of the molecule is CC1=C2[C@H]3OC34CC[C@@H]3C(C)(C)CCC[C@@]3(C)C4[C@H]3OC23OC1=O. The summed E-state index contributed by atoms with van der Waals surface area (Å²) >= 11 is 0. The van der Waals surface area contributed by atoms with E-state index in [0.29, 0.717) is 17.3 Å². The Kier molecular flexibility index (Phi) is 2.17. The fraction of sp³-hybridized carbons (Fsp3) is 0.850. The van der Waals surface area contributed by atoms with Crippen molar-refractivity contribution in [1.82, 2.24) is 0 Å². The molecule has 3 heterocycles. The quantitative estimate of drug-likeness (QED) is 0.505. The van der Waals surface area contributed by atoms with E-state index in [1.54, 1.807) is 0 Å². The summed E-state index contributed by atoms with van der Waals surface area (Å²) in [5.41, 5.74) is 2.25. The van der Waals surface area contributed by atoms with Crippen LogP contribution in [0.5, 0.6) is 0 Å². The Morgan fingerprint density at radius 2 is 1.88 bits per heavy atom. The molecule has 0 radical (unpaired) electrons. The normalized spacial score (nSPS) is 58.8. The summed E-state index contributed by atoms with van der Waals surface area (Å²) in [4.78, 5) is 12.2. The molecule has 7 atom stereocenters. The van der Waals surface area contributed by atoms with Crippen molar-refractivity contribution in [3.63, 3.8) is 0 Å². The summed E-state index contributed by atoms with van der Waals surface area (Å²) in [6.45, 7) is 9.22. The monoisotopic (exact) mass is 330 g/mol. The van der Waals surface area contributed by atoms with Crippen molar-refractivity contribution in [3.8, 4) is 0 Å². The largest absolute Gasteiger partial charge is 0.422 e. The van der Waals surface area contributed by atoms with Crippen molar-refractivity contribution in [2.45, 2.75) is 83.4 Å². The van der Waals surface area contributed by atoms with Gasteiger partial charge in [-0.1, -0.05) is 27.2 Å².